The van der Waals surface area contributed by atoms with Crippen molar-refractivity contribution in [2.45, 2.75) is 48.5 Å². The fraction of sp³-hybridized carbons (Fsp3) is 0.259. The molecule has 3 aromatic rings. The highest BCUT2D eigenvalue weighted by atomic mass is 14.2. The number of hydrogen-bond acceptors (Lipinski definition) is 0. The molecule has 3 aromatic carbocycles. The van der Waals surface area contributed by atoms with Crippen LogP contribution in [-0.4, -0.2) is 0 Å². The maximum absolute atomic E-state index is 4.35. The summed E-state index contributed by atoms with van der Waals surface area (Å²) in [7, 11) is 0. The molecule has 0 spiro atoms. The van der Waals surface area contributed by atoms with Gasteiger partial charge in [-0.1, -0.05) is 60.2 Å². The third-order valence-electron chi connectivity index (χ3n) is 5.38. The van der Waals surface area contributed by atoms with Gasteiger partial charge in [0.05, 0.1) is 0 Å². The van der Waals surface area contributed by atoms with E-state index >= 15 is 0 Å². The molecule has 0 amide bonds. The second-order valence-corrected chi connectivity index (χ2v) is 8.06. The SMILES string of the molecule is C=C(C)c1c(-c2c(C)cc(C)cc2C)cccc1-c1c(C)cc(C)cc1C. The van der Waals surface area contributed by atoms with E-state index < -0.39 is 0 Å². The van der Waals surface area contributed by atoms with Crippen molar-refractivity contribution in [2.75, 3.05) is 0 Å². The number of benzene rings is 3. The van der Waals surface area contributed by atoms with Gasteiger partial charge in [-0.25, -0.2) is 0 Å². The molecule has 0 N–H and O–H groups in total. The van der Waals surface area contributed by atoms with Gasteiger partial charge >= 0.3 is 0 Å². The van der Waals surface area contributed by atoms with E-state index in [4.69, 9.17) is 0 Å². The Kier molecular flexibility index (Phi) is 5.11. The minimum Gasteiger partial charge on any atom is -0.0955 e. The average Bonchev–Trinajstić information content (AvgIpc) is 2.52. The van der Waals surface area contributed by atoms with Crippen LogP contribution < -0.4 is 0 Å². The summed E-state index contributed by atoms with van der Waals surface area (Å²) in [6.45, 7) is 19.7. The van der Waals surface area contributed by atoms with Gasteiger partial charge in [0, 0.05) is 0 Å². The van der Waals surface area contributed by atoms with Gasteiger partial charge in [0.15, 0.2) is 0 Å². The number of rotatable bonds is 3. The molecule has 0 atom stereocenters. The number of aryl methyl sites for hydroxylation is 6. The van der Waals surface area contributed by atoms with Gasteiger partial charge in [-0.2, -0.15) is 0 Å². The Hall–Kier alpha value is -2.60. The number of allylic oxidation sites excluding steroid dienone is 1. The van der Waals surface area contributed by atoms with Gasteiger partial charge in [-0.15, -0.1) is 0 Å². The Balaban J connectivity index is 2.39. The molecule has 0 fully saturated rings. The summed E-state index contributed by atoms with van der Waals surface area (Å²) in [6, 6.07) is 15.8. The molecule has 0 heterocycles. The van der Waals surface area contributed by atoms with Gasteiger partial charge in [-0.3, -0.25) is 0 Å². The van der Waals surface area contributed by atoms with Crippen LogP contribution >= 0.6 is 0 Å². The maximum Gasteiger partial charge on any atom is -0.00756 e. The van der Waals surface area contributed by atoms with Crippen LogP contribution in [0.5, 0.6) is 0 Å². The summed E-state index contributed by atoms with van der Waals surface area (Å²) in [5.41, 5.74) is 15.5. The molecule has 0 bridgehead atoms. The molecule has 0 aliphatic heterocycles. The second-order valence-electron chi connectivity index (χ2n) is 8.06. The van der Waals surface area contributed by atoms with E-state index in [0.717, 1.165) is 5.57 Å². The summed E-state index contributed by atoms with van der Waals surface area (Å²) in [5, 5.41) is 0. The molecule has 0 aliphatic carbocycles. The van der Waals surface area contributed by atoms with E-state index in [9.17, 15) is 0 Å². The minimum absolute atomic E-state index is 1.11. The number of hydrogen-bond donors (Lipinski definition) is 0. The Morgan fingerprint density at radius 1 is 0.630 bits per heavy atom. The van der Waals surface area contributed by atoms with Crippen LogP contribution in [-0.2, 0) is 0 Å². The first kappa shape index (κ1) is 19.2. The van der Waals surface area contributed by atoms with Crippen molar-refractivity contribution in [1.82, 2.24) is 0 Å². The lowest BCUT2D eigenvalue weighted by Crippen LogP contribution is -1.99. The summed E-state index contributed by atoms with van der Waals surface area (Å²) >= 11 is 0. The maximum atomic E-state index is 4.35. The van der Waals surface area contributed by atoms with E-state index in [1.54, 1.807) is 0 Å². The van der Waals surface area contributed by atoms with Crippen molar-refractivity contribution in [3.63, 3.8) is 0 Å². The summed E-state index contributed by atoms with van der Waals surface area (Å²) in [5.74, 6) is 0. The summed E-state index contributed by atoms with van der Waals surface area (Å²) < 4.78 is 0. The smallest absolute Gasteiger partial charge is 0.00756 e. The first-order valence-corrected chi connectivity index (χ1v) is 9.66. The van der Waals surface area contributed by atoms with Crippen LogP contribution in [0.1, 0.15) is 45.9 Å². The Bertz CT molecular complexity index is 926. The largest absolute Gasteiger partial charge is 0.0955 e. The quantitative estimate of drug-likeness (QED) is 0.448. The van der Waals surface area contributed by atoms with E-state index in [1.807, 2.05) is 0 Å². The van der Waals surface area contributed by atoms with Crippen LogP contribution in [0.2, 0.25) is 0 Å². The molecule has 0 aromatic heterocycles. The lowest BCUT2D eigenvalue weighted by Gasteiger charge is -2.21. The molecule has 27 heavy (non-hydrogen) atoms. The minimum atomic E-state index is 1.11. The van der Waals surface area contributed by atoms with Gasteiger partial charge in [0.25, 0.3) is 0 Å². The van der Waals surface area contributed by atoms with Gasteiger partial charge in [-0.05, 0) is 104 Å². The first-order valence-electron chi connectivity index (χ1n) is 9.66. The molecule has 0 aliphatic rings. The molecule has 3 rings (SSSR count). The molecule has 0 unspecified atom stereocenters. The third kappa shape index (κ3) is 3.49. The average molecular weight is 355 g/mol. The van der Waals surface area contributed by atoms with Crippen molar-refractivity contribution >= 4 is 5.57 Å². The van der Waals surface area contributed by atoms with E-state index in [0.29, 0.717) is 0 Å². The molecular formula is C27H30. The molecule has 138 valence electrons. The Morgan fingerprint density at radius 2 is 0.963 bits per heavy atom. The van der Waals surface area contributed by atoms with Crippen molar-refractivity contribution in [3.8, 4) is 22.3 Å². The fourth-order valence-electron chi connectivity index (χ4n) is 4.64. The Labute approximate surface area is 164 Å². The highest BCUT2D eigenvalue weighted by Gasteiger charge is 2.18. The second kappa shape index (κ2) is 7.19. The molecule has 0 radical (unpaired) electrons. The molecule has 0 saturated carbocycles. The zero-order valence-electron chi connectivity index (χ0n) is 17.7. The zero-order valence-corrected chi connectivity index (χ0v) is 17.7. The first-order chi connectivity index (χ1) is 12.7. The van der Waals surface area contributed by atoms with Crippen LogP contribution in [0.3, 0.4) is 0 Å². The van der Waals surface area contributed by atoms with Gasteiger partial charge in [0.2, 0.25) is 0 Å². The zero-order chi connectivity index (χ0) is 19.9. The van der Waals surface area contributed by atoms with Gasteiger partial charge in [0.1, 0.15) is 0 Å². The van der Waals surface area contributed by atoms with Crippen LogP contribution in [0.25, 0.3) is 27.8 Å². The Morgan fingerprint density at radius 3 is 1.26 bits per heavy atom. The monoisotopic (exact) mass is 354 g/mol. The lowest BCUT2D eigenvalue weighted by atomic mass is 9.83. The highest BCUT2D eigenvalue weighted by Crippen LogP contribution is 2.41. The molecule has 0 heteroatoms. The standard InChI is InChI=1S/C27H30/c1-16(2)25-23(26-19(5)12-17(3)13-20(26)6)10-9-11-24(25)27-21(7)14-18(4)15-22(27)8/h9-15H,1H2,2-8H3. The highest BCUT2D eigenvalue weighted by molar-refractivity contribution is 5.93. The summed E-state index contributed by atoms with van der Waals surface area (Å²) in [6.07, 6.45) is 0. The van der Waals surface area contributed by atoms with Gasteiger partial charge < -0.3 is 0 Å². The third-order valence-corrected chi connectivity index (χ3v) is 5.38. The molecule has 0 saturated heterocycles. The van der Waals surface area contributed by atoms with E-state index in [1.165, 1.54) is 61.2 Å². The van der Waals surface area contributed by atoms with Crippen molar-refractivity contribution < 1.29 is 0 Å². The predicted octanol–water partition coefficient (Wildman–Crippen LogP) is 7.90. The molecular weight excluding hydrogens is 324 g/mol. The van der Waals surface area contributed by atoms with E-state index in [-0.39, 0.29) is 0 Å². The van der Waals surface area contributed by atoms with Crippen molar-refractivity contribution in [3.05, 3.63) is 88.0 Å². The lowest BCUT2D eigenvalue weighted by molar-refractivity contribution is 1.30. The molecule has 0 nitrogen and oxygen atoms in total. The predicted molar refractivity (Wildman–Crippen MR) is 120 cm³/mol. The van der Waals surface area contributed by atoms with E-state index in [2.05, 4.69) is 97.5 Å². The fourth-order valence-corrected chi connectivity index (χ4v) is 4.64. The van der Waals surface area contributed by atoms with Crippen molar-refractivity contribution in [2.24, 2.45) is 0 Å². The van der Waals surface area contributed by atoms with Crippen LogP contribution in [0.4, 0.5) is 0 Å². The van der Waals surface area contributed by atoms with Crippen molar-refractivity contribution in [1.29, 1.82) is 0 Å². The topological polar surface area (TPSA) is 0 Å². The normalized spacial score (nSPS) is 10.9. The van der Waals surface area contributed by atoms with Crippen LogP contribution in [0.15, 0.2) is 49.0 Å². The van der Waals surface area contributed by atoms with Crippen LogP contribution in [0, 0.1) is 41.5 Å². The summed E-state index contributed by atoms with van der Waals surface area (Å²) in [4.78, 5) is 0.